The number of benzene rings is 2. The molecule has 1 aliphatic heterocycles. The summed E-state index contributed by atoms with van der Waals surface area (Å²) >= 11 is 0. The van der Waals surface area contributed by atoms with Gasteiger partial charge in [-0.05, 0) is 49.2 Å². The largest absolute Gasteiger partial charge is 0.493 e. The van der Waals surface area contributed by atoms with Gasteiger partial charge in [0.2, 0.25) is 5.91 Å². The minimum absolute atomic E-state index is 0.0583. The molecule has 2 N–H and O–H groups in total. The monoisotopic (exact) mass is 418 g/mol. The number of nitrogens with zero attached hydrogens (tertiary/aromatic N) is 1. The van der Waals surface area contributed by atoms with Gasteiger partial charge < -0.3 is 20.1 Å². The molecule has 1 atom stereocenters. The van der Waals surface area contributed by atoms with Crippen LogP contribution < -0.4 is 15.2 Å². The predicted molar refractivity (Wildman–Crippen MR) is 106 cm³/mol. The minimum Gasteiger partial charge on any atom is -0.493 e. The predicted octanol–water partition coefficient (Wildman–Crippen LogP) is 2.91. The van der Waals surface area contributed by atoms with Gasteiger partial charge in [0.15, 0.2) is 6.61 Å². The molecule has 1 fully saturated rings. The van der Waals surface area contributed by atoms with E-state index in [0.717, 1.165) is 0 Å². The van der Waals surface area contributed by atoms with E-state index in [2.05, 4.69) is 0 Å². The molecular weight excluding hydrogens is 394 g/mol. The van der Waals surface area contributed by atoms with Crippen LogP contribution in [0.2, 0.25) is 0 Å². The first-order valence-electron chi connectivity index (χ1n) is 9.68. The van der Waals surface area contributed by atoms with Gasteiger partial charge >= 0.3 is 0 Å². The van der Waals surface area contributed by atoms with E-state index in [-0.39, 0.29) is 43.7 Å². The third-order valence-electron chi connectivity index (χ3n) is 5.08. The van der Waals surface area contributed by atoms with E-state index in [0.29, 0.717) is 25.1 Å². The van der Waals surface area contributed by atoms with Crippen LogP contribution in [0.25, 0.3) is 0 Å². The SMILES string of the molecule is NC(=O)C[C@]1(COc2ccc(F)cc2)CCCN(C(=O)COc2cccc(F)c2)C1. The number of piperidine rings is 1. The lowest BCUT2D eigenvalue weighted by atomic mass is 9.77. The van der Waals surface area contributed by atoms with Crippen LogP contribution in [0.4, 0.5) is 8.78 Å². The lowest BCUT2D eigenvalue weighted by Crippen LogP contribution is -2.51. The normalized spacial score (nSPS) is 18.7. The van der Waals surface area contributed by atoms with Crippen molar-refractivity contribution in [3.8, 4) is 11.5 Å². The van der Waals surface area contributed by atoms with Crippen LogP contribution in [0.5, 0.6) is 11.5 Å². The second kappa shape index (κ2) is 9.56. The van der Waals surface area contributed by atoms with Crippen molar-refractivity contribution in [2.75, 3.05) is 26.3 Å². The maximum atomic E-state index is 13.3. The summed E-state index contributed by atoms with van der Waals surface area (Å²) in [5.74, 6) is -0.836. The number of primary amides is 1. The van der Waals surface area contributed by atoms with Crippen LogP contribution in [0.3, 0.4) is 0 Å². The summed E-state index contributed by atoms with van der Waals surface area (Å²) in [6, 6.07) is 11.2. The van der Waals surface area contributed by atoms with Gasteiger partial charge in [-0.25, -0.2) is 8.78 Å². The Morgan fingerprint density at radius 3 is 2.50 bits per heavy atom. The van der Waals surface area contributed by atoms with Crippen LogP contribution in [-0.4, -0.2) is 43.0 Å². The Bertz CT molecular complexity index is 891. The van der Waals surface area contributed by atoms with Gasteiger partial charge in [-0.2, -0.15) is 0 Å². The van der Waals surface area contributed by atoms with Crippen LogP contribution in [0.1, 0.15) is 19.3 Å². The molecule has 1 saturated heterocycles. The molecule has 2 aromatic rings. The third kappa shape index (κ3) is 5.92. The van der Waals surface area contributed by atoms with E-state index in [1.54, 1.807) is 11.0 Å². The van der Waals surface area contributed by atoms with E-state index in [1.165, 1.54) is 42.5 Å². The lowest BCUT2D eigenvalue weighted by molar-refractivity contribution is -0.139. The van der Waals surface area contributed by atoms with Crippen molar-refractivity contribution in [3.05, 3.63) is 60.2 Å². The van der Waals surface area contributed by atoms with Crippen molar-refractivity contribution in [2.24, 2.45) is 11.1 Å². The Hall–Kier alpha value is -3.16. The second-order valence-corrected chi connectivity index (χ2v) is 7.55. The summed E-state index contributed by atoms with van der Waals surface area (Å²) in [6.07, 6.45) is 1.39. The molecule has 1 aliphatic rings. The molecule has 0 unspecified atom stereocenters. The minimum atomic E-state index is -0.646. The Morgan fingerprint density at radius 1 is 1.03 bits per heavy atom. The van der Waals surface area contributed by atoms with E-state index in [4.69, 9.17) is 15.2 Å². The van der Waals surface area contributed by atoms with Crippen molar-refractivity contribution in [1.29, 1.82) is 0 Å². The number of carbonyl (C=O) groups excluding carboxylic acids is 2. The molecule has 0 bridgehead atoms. The number of hydrogen-bond acceptors (Lipinski definition) is 4. The first-order chi connectivity index (χ1) is 14.3. The summed E-state index contributed by atoms with van der Waals surface area (Å²) < 4.78 is 37.5. The average Bonchev–Trinajstić information content (AvgIpc) is 2.71. The number of likely N-dealkylation sites (tertiary alicyclic amines) is 1. The van der Waals surface area contributed by atoms with Crippen molar-refractivity contribution in [1.82, 2.24) is 4.90 Å². The molecule has 2 aromatic carbocycles. The van der Waals surface area contributed by atoms with Gasteiger partial charge in [-0.3, -0.25) is 9.59 Å². The van der Waals surface area contributed by atoms with Gasteiger partial charge in [-0.15, -0.1) is 0 Å². The first-order valence-corrected chi connectivity index (χ1v) is 9.68. The topological polar surface area (TPSA) is 81.9 Å². The molecule has 0 spiro atoms. The summed E-state index contributed by atoms with van der Waals surface area (Å²) in [7, 11) is 0. The molecule has 8 heteroatoms. The Kier molecular flexibility index (Phi) is 6.87. The zero-order valence-corrected chi connectivity index (χ0v) is 16.5. The molecule has 0 aromatic heterocycles. The number of rotatable bonds is 8. The first kappa shape index (κ1) is 21.5. The smallest absolute Gasteiger partial charge is 0.260 e. The molecule has 30 heavy (non-hydrogen) atoms. The Labute approximate surface area is 173 Å². The number of amides is 2. The third-order valence-corrected chi connectivity index (χ3v) is 5.08. The van der Waals surface area contributed by atoms with Gasteiger partial charge in [-0.1, -0.05) is 6.07 Å². The van der Waals surface area contributed by atoms with Crippen LogP contribution in [-0.2, 0) is 9.59 Å². The number of halogens is 2. The summed E-state index contributed by atoms with van der Waals surface area (Å²) in [5.41, 5.74) is 4.81. The zero-order valence-electron chi connectivity index (χ0n) is 16.5. The molecule has 0 saturated carbocycles. The van der Waals surface area contributed by atoms with Crippen molar-refractivity contribution in [3.63, 3.8) is 0 Å². The van der Waals surface area contributed by atoms with Gasteiger partial charge in [0.1, 0.15) is 23.1 Å². The highest BCUT2D eigenvalue weighted by Crippen LogP contribution is 2.34. The molecular formula is C22H24F2N2O4. The molecule has 0 aliphatic carbocycles. The average molecular weight is 418 g/mol. The Morgan fingerprint density at radius 2 is 1.80 bits per heavy atom. The lowest BCUT2D eigenvalue weighted by Gasteiger charge is -2.42. The molecule has 0 radical (unpaired) electrons. The van der Waals surface area contributed by atoms with Crippen molar-refractivity contribution in [2.45, 2.75) is 19.3 Å². The molecule has 2 amide bonds. The van der Waals surface area contributed by atoms with E-state index in [1.807, 2.05) is 0 Å². The van der Waals surface area contributed by atoms with Crippen molar-refractivity contribution >= 4 is 11.8 Å². The standard InChI is InChI=1S/C22H24F2N2O4/c23-16-5-7-18(8-6-16)30-15-22(12-20(25)27)9-2-10-26(14-22)21(28)13-29-19-4-1-3-17(24)11-19/h1,3-8,11H,2,9-10,12-15H2,(H2,25,27)/t22-/m1/s1. The number of ether oxygens (including phenoxy) is 2. The van der Waals surface area contributed by atoms with E-state index < -0.39 is 17.1 Å². The van der Waals surface area contributed by atoms with Gasteiger partial charge in [0, 0.05) is 31.0 Å². The fourth-order valence-corrected chi connectivity index (χ4v) is 3.66. The molecule has 3 rings (SSSR count). The maximum absolute atomic E-state index is 13.3. The summed E-state index contributed by atoms with van der Waals surface area (Å²) in [5, 5.41) is 0. The number of nitrogens with two attached hydrogens (primary N) is 1. The highest BCUT2D eigenvalue weighted by atomic mass is 19.1. The highest BCUT2D eigenvalue weighted by Gasteiger charge is 2.39. The molecule has 160 valence electrons. The van der Waals surface area contributed by atoms with E-state index >= 15 is 0 Å². The van der Waals surface area contributed by atoms with Gasteiger partial charge in [0.05, 0.1) is 6.61 Å². The van der Waals surface area contributed by atoms with Crippen LogP contribution in [0, 0.1) is 17.0 Å². The quantitative estimate of drug-likeness (QED) is 0.715. The number of hydrogen-bond donors (Lipinski definition) is 1. The fraction of sp³-hybridized carbons (Fsp3) is 0.364. The van der Waals surface area contributed by atoms with E-state index in [9.17, 15) is 18.4 Å². The second-order valence-electron chi connectivity index (χ2n) is 7.55. The highest BCUT2D eigenvalue weighted by molar-refractivity contribution is 5.78. The number of carbonyl (C=O) groups is 2. The Balaban J connectivity index is 1.64. The van der Waals surface area contributed by atoms with Crippen LogP contribution >= 0.6 is 0 Å². The molecule has 1 heterocycles. The van der Waals surface area contributed by atoms with Crippen LogP contribution in [0.15, 0.2) is 48.5 Å². The van der Waals surface area contributed by atoms with Gasteiger partial charge in [0.25, 0.3) is 5.91 Å². The summed E-state index contributed by atoms with van der Waals surface area (Å²) in [4.78, 5) is 26.0. The molecule has 6 nitrogen and oxygen atoms in total. The summed E-state index contributed by atoms with van der Waals surface area (Å²) in [6.45, 7) is 0.718. The van der Waals surface area contributed by atoms with Crippen molar-refractivity contribution < 1.29 is 27.8 Å². The zero-order chi connectivity index (χ0) is 21.6. The fourth-order valence-electron chi connectivity index (χ4n) is 3.66. The maximum Gasteiger partial charge on any atom is 0.260 e.